The van der Waals surface area contributed by atoms with Crippen LogP contribution >= 0.6 is 11.8 Å². The minimum atomic E-state index is -0.478. The first-order valence-corrected chi connectivity index (χ1v) is 5.27. The monoisotopic (exact) mass is 188 g/mol. The van der Waals surface area contributed by atoms with E-state index in [4.69, 9.17) is 0 Å². The highest BCUT2D eigenvalue weighted by molar-refractivity contribution is 8.14. The summed E-state index contributed by atoms with van der Waals surface area (Å²) in [5, 5.41) is 10.3. The Morgan fingerprint density at radius 1 is 1.50 bits per heavy atom. The Morgan fingerprint density at radius 3 is 2.42 bits per heavy atom. The van der Waals surface area contributed by atoms with E-state index in [1.54, 1.807) is 6.92 Å². The normalized spacial score (nSPS) is 36.4. The van der Waals surface area contributed by atoms with Gasteiger partial charge in [0.2, 0.25) is 0 Å². The Labute approximate surface area is 77.7 Å². The molecule has 0 aliphatic heterocycles. The maximum Gasteiger partial charge on any atom is 0.186 e. The first-order valence-electron chi connectivity index (χ1n) is 4.39. The molecule has 0 aromatic carbocycles. The molecule has 0 heterocycles. The number of aliphatic hydroxyl groups is 1. The molecule has 3 heteroatoms. The SMILES string of the molecule is CC(=O)S[C@H]1CC[C@](C)(O)CC1. The molecule has 70 valence electrons. The van der Waals surface area contributed by atoms with E-state index < -0.39 is 5.60 Å². The molecule has 0 atom stereocenters. The lowest BCUT2D eigenvalue weighted by Crippen LogP contribution is -2.31. The highest BCUT2D eigenvalue weighted by atomic mass is 32.2. The molecule has 0 spiro atoms. The Kier molecular flexibility index (Phi) is 3.18. The maximum absolute atomic E-state index is 10.8. The largest absolute Gasteiger partial charge is 0.390 e. The first-order chi connectivity index (χ1) is 5.49. The Bertz CT molecular complexity index is 167. The van der Waals surface area contributed by atoms with Gasteiger partial charge in [0.15, 0.2) is 5.12 Å². The van der Waals surface area contributed by atoms with Crippen LogP contribution in [0.4, 0.5) is 0 Å². The van der Waals surface area contributed by atoms with E-state index in [2.05, 4.69) is 0 Å². The van der Waals surface area contributed by atoms with Crippen molar-refractivity contribution in [2.24, 2.45) is 0 Å². The molecule has 1 N–H and O–H groups in total. The molecule has 0 aromatic heterocycles. The summed E-state index contributed by atoms with van der Waals surface area (Å²) in [6, 6.07) is 0. The van der Waals surface area contributed by atoms with E-state index in [1.807, 2.05) is 6.92 Å². The molecule has 1 aliphatic carbocycles. The maximum atomic E-state index is 10.8. The van der Waals surface area contributed by atoms with Crippen molar-refractivity contribution in [2.45, 2.75) is 50.4 Å². The van der Waals surface area contributed by atoms with Gasteiger partial charge in [-0.2, -0.15) is 0 Å². The van der Waals surface area contributed by atoms with Crippen LogP contribution in [0.25, 0.3) is 0 Å². The van der Waals surface area contributed by atoms with Gasteiger partial charge in [0.05, 0.1) is 5.60 Å². The van der Waals surface area contributed by atoms with Gasteiger partial charge in [-0.3, -0.25) is 4.79 Å². The lowest BCUT2D eigenvalue weighted by atomic mass is 9.86. The van der Waals surface area contributed by atoms with E-state index >= 15 is 0 Å². The Hall–Kier alpha value is -0.0200. The number of thioether (sulfide) groups is 1. The Morgan fingerprint density at radius 2 is 2.00 bits per heavy atom. The Balaban J connectivity index is 2.31. The smallest absolute Gasteiger partial charge is 0.186 e. The van der Waals surface area contributed by atoms with E-state index in [-0.39, 0.29) is 5.12 Å². The van der Waals surface area contributed by atoms with Crippen LogP contribution in [0.5, 0.6) is 0 Å². The van der Waals surface area contributed by atoms with Gasteiger partial charge in [0.1, 0.15) is 0 Å². The third-order valence-electron chi connectivity index (χ3n) is 2.34. The van der Waals surface area contributed by atoms with Crippen molar-refractivity contribution in [1.82, 2.24) is 0 Å². The molecule has 0 aromatic rings. The molecule has 1 saturated carbocycles. The molecule has 12 heavy (non-hydrogen) atoms. The fourth-order valence-corrected chi connectivity index (χ4v) is 2.51. The zero-order valence-electron chi connectivity index (χ0n) is 7.67. The van der Waals surface area contributed by atoms with Gasteiger partial charge in [-0.05, 0) is 32.6 Å². The fraction of sp³-hybridized carbons (Fsp3) is 0.889. The van der Waals surface area contributed by atoms with Crippen LogP contribution in [0, 0.1) is 0 Å². The summed E-state index contributed by atoms with van der Waals surface area (Å²) in [5.74, 6) is 0. The van der Waals surface area contributed by atoms with Crippen LogP contribution in [-0.4, -0.2) is 21.1 Å². The van der Waals surface area contributed by atoms with Crippen LogP contribution in [0.15, 0.2) is 0 Å². The minimum Gasteiger partial charge on any atom is -0.390 e. The predicted octanol–water partition coefficient (Wildman–Crippen LogP) is 1.96. The van der Waals surface area contributed by atoms with Gasteiger partial charge in [-0.25, -0.2) is 0 Å². The van der Waals surface area contributed by atoms with Crippen molar-refractivity contribution in [3.63, 3.8) is 0 Å². The van der Waals surface area contributed by atoms with Gasteiger partial charge in [0, 0.05) is 12.2 Å². The molecule has 1 rings (SSSR count). The standard InChI is InChI=1S/C9H16O2S/c1-7(10)12-8-3-5-9(2,11)6-4-8/h8,11H,3-6H2,1-2H3/t8-,9-. The van der Waals surface area contributed by atoms with Crippen molar-refractivity contribution < 1.29 is 9.90 Å². The molecular weight excluding hydrogens is 172 g/mol. The number of hydrogen-bond donors (Lipinski definition) is 1. The number of carbonyl (C=O) groups is 1. The molecule has 0 bridgehead atoms. The van der Waals surface area contributed by atoms with Gasteiger partial charge in [-0.15, -0.1) is 0 Å². The van der Waals surface area contributed by atoms with Crippen LogP contribution in [0.3, 0.4) is 0 Å². The summed E-state index contributed by atoms with van der Waals surface area (Å²) in [5.41, 5.74) is -0.478. The van der Waals surface area contributed by atoms with E-state index in [1.165, 1.54) is 11.8 Å². The summed E-state index contributed by atoms with van der Waals surface area (Å²) in [7, 11) is 0. The molecule has 2 nitrogen and oxygen atoms in total. The second kappa shape index (κ2) is 3.79. The third-order valence-corrected chi connectivity index (χ3v) is 3.48. The molecule has 0 unspecified atom stereocenters. The molecule has 1 aliphatic rings. The van der Waals surface area contributed by atoms with Crippen molar-refractivity contribution >= 4 is 16.9 Å². The second-order valence-electron chi connectivity index (χ2n) is 3.81. The predicted molar refractivity (Wildman–Crippen MR) is 51.2 cm³/mol. The zero-order chi connectivity index (χ0) is 9.19. The molecular formula is C9H16O2S. The van der Waals surface area contributed by atoms with E-state index in [0.717, 1.165) is 25.7 Å². The van der Waals surface area contributed by atoms with Crippen molar-refractivity contribution in [3.8, 4) is 0 Å². The van der Waals surface area contributed by atoms with Crippen molar-refractivity contribution in [1.29, 1.82) is 0 Å². The summed E-state index contributed by atoms with van der Waals surface area (Å²) in [4.78, 5) is 10.8. The molecule has 0 saturated heterocycles. The lowest BCUT2D eigenvalue weighted by Gasteiger charge is -2.32. The number of rotatable bonds is 1. The number of hydrogen-bond acceptors (Lipinski definition) is 3. The van der Waals surface area contributed by atoms with Gasteiger partial charge in [-0.1, -0.05) is 11.8 Å². The van der Waals surface area contributed by atoms with Crippen LogP contribution in [-0.2, 0) is 4.79 Å². The second-order valence-corrected chi connectivity index (χ2v) is 5.28. The van der Waals surface area contributed by atoms with Crippen molar-refractivity contribution in [2.75, 3.05) is 0 Å². The molecule has 1 fully saturated rings. The van der Waals surface area contributed by atoms with Gasteiger partial charge >= 0.3 is 0 Å². The number of carbonyl (C=O) groups excluding carboxylic acids is 1. The first kappa shape index (κ1) is 10.1. The van der Waals surface area contributed by atoms with Crippen molar-refractivity contribution in [3.05, 3.63) is 0 Å². The van der Waals surface area contributed by atoms with Crippen LogP contribution in [0.2, 0.25) is 0 Å². The lowest BCUT2D eigenvalue weighted by molar-refractivity contribution is -0.109. The highest BCUT2D eigenvalue weighted by Crippen LogP contribution is 2.34. The summed E-state index contributed by atoms with van der Waals surface area (Å²) < 4.78 is 0. The molecule has 0 amide bonds. The minimum absolute atomic E-state index is 0.196. The van der Waals surface area contributed by atoms with Gasteiger partial charge < -0.3 is 5.11 Å². The highest BCUT2D eigenvalue weighted by Gasteiger charge is 2.29. The average molecular weight is 188 g/mol. The fourth-order valence-electron chi connectivity index (χ4n) is 1.57. The topological polar surface area (TPSA) is 37.3 Å². The average Bonchev–Trinajstić information content (AvgIpc) is 1.93. The third kappa shape index (κ3) is 3.15. The van der Waals surface area contributed by atoms with E-state index in [9.17, 15) is 9.90 Å². The summed E-state index contributed by atoms with van der Waals surface area (Å²) in [6.07, 6.45) is 3.60. The summed E-state index contributed by atoms with van der Waals surface area (Å²) in [6.45, 7) is 3.49. The van der Waals surface area contributed by atoms with Crippen LogP contribution in [0.1, 0.15) is 39.5 Å². The quantitative estimate of drug-likeness (QED) is 0.683. The summed E-state index contributed by atoms with van der Waals surface area (Å²) >= 11 is 1.43. The van der Waals surface area contributed by atoms with Gasteiger partial charge in [0.25, 0.3) is 0 Å². The zero-order valence-corrected chi connectivity index (χ0v) is 8.49. The molecule has 0 radical (unpaired) electrons. The van der Waals surface area contributed by atoms with Crippen LogP contribution < -0.4 is 0 Å². The van der Waals surface area contributed by atoms with E-state index in [0.29, 0.717) is 5.25 Å².